The first-order chi connectivity index (χ1) is 18.6. The zero-order valence-electron chi connectivity index (χ0n) is 20.0. The van der Waals surface area contributed by atoms with Crippen molar-refractivity contribution >= 4 is 69.7 Å². The average molecular weight is 597 g/mol. The van der Waals surface area contributed by atoms with Crippen LogP contribution in [0.4, 0.5) is 5.13 Å². The van der Waals surface area contributed by atoms with Crippen LogP contribution in [0.2, 0.25) is 0 Å². The van der Waals surface area contributed by atoms with Crippen molar-refractivity contribution in [2.24, 2.45) is 5.16 Å². The van der Waals surface area contributed by atoms with Crippen LogP contribution in [-0.4, -0.2) is 103 Å². The van der Waals surface area contributed by atoms with E-state index in [1.165, 1.54) is 35.1 Å². The van der Waals surface area contributed by atoms with Gasteiger partial charge in [-0.3, -0.25) is 14.5 Å². The van der Waals surface area contributed by atoms with Crippen LogP contribution in [-0.2, 0) is 30.6 Å². The van der Waals surface area contributed by atoms with Gasteiger partial charge in [0.1, 0.15) is 17.1 Å². The van der Waals surface area contributed by atoms with E-state index in [1.807, 2.05) is 0 Å². The Morgan fingerprint density at radius 2 is 2.18 bits per heavy atom. The number of hydrogen-bond donors (Lipinski definition) is 4. The number of fused-ring (bicyclic) bond motifs is 1. The fraction of sp³-hybridized carbons (Fsp3) is 0.368. The lowest BCUT2D eigenvalue weighted by atomic mass is 10.0. The summed E-state index contributed by atoms with van der Waals surface area (Å²) in [5, 5.41) is 36.1. The molecule has 1 saturated heterocycles. The minimum Gasteiger partial charge on any atom is -0.478 e. The molecule has 2 aromatic rings. The first kappa shape index (κ1) is 28.0. The molecule has 39 heavy (non-hydrogen) atoms. The number of hydrogen-bond acceptors (Lipinski definition) is 15. The largest absolute Gasteiger partial charge is 0.478 e. The van der Waals surface area contributed by atoms with Crippen LogP contribution < -0.4 is 11.1 Å². The quantitative estimate of drug-likeness (QED) is 0.0756. The number of amides is 2. The molecule has 206 valence electrons. The molecule has 0 radical (unpaired) electrons. The van der Waals surface area contributed by atoms with Crippen LogP contribution in [0.1, 0.15) is 12.7 Å². The highest BCUT2D eigenvalue weighted by Gasteiger charge is 2.54. The van der Waals surface area contributed by atoms with Crippen LogP contribution in [0.15, 0.2) is 34.2 Å². The Kier molecular flexibility index (Phi) is 8.45. The maximum atomic E-state index is 13.0. The lowest BCUT2D eigenvalue weighted by Gasteiger charge is -2.49. The maximum Gasteiger partial charge on any atom is 0.352 e. The number of oxime groups is 1. The van der Waals surface area contributed by atoms with Gasteiger partial charge in [-0.1, -0.05) is 23.0 Å². The van der Waals surface area contributed by atoms with Crippen molar-refractivity contribution in [1.29, 1.82) is 0 Å². The van der Waals surface area contributed by atoms with Crippen molar-refractivity contribution in [3.05, 3.63) is 29.7 Å². The first-order valence-electron chi connectivity index (χ1n) is 10.9. The Morgan fingerprint density at radius 1 is 1.41 bits per heavy atom. The average Bonchev–Trinajstić information content (AvgIpc) is 3.53. The number of aliphatic carboxylic acids is 2. The first-order valence-corrected chi connectivity index (χ1v) is 13.7. The van der Waals surface area contributed by atoms with Gasteiger partial charge in [-0.25, -0.2) is 14.3 Å². The molecule has 5 N–H and O–H groups in total. The smallest absolute Gasteiger partial charge is 0.352 e. The number of nitrogens with zero attached hydrogens (tertiary/aromatic N) is 8. The Morgan fingerprint density at radius 3 is 2.82 bits per heavy atom. The number of nitrogens with one attached hydrogen (secondary N) is 1. The van der Waals surface area contributed by atoms with E-state index in [4.69, 9.17) is 15.7 Å². The van der Waals surface area contributed by atoms with Crippen molar-refractivity contribution in [3.63, 3.8) is 0 Å². The van der Waals surface area contributed by atoms with E-state index < -0.39 is 47.0 Å². The molecule has 0 aromatic carbocycles. The van der Waals surface area contributed by atoms with Crippen molar-refractivity contribution in [2.45, 2.75) is 36.1 Å². The lowest BCUT2D eigenvalue weighted by Crippen LogP contribution is -2.71. The van der Waals surface area contributed by atoms with Gasteiger partial charge in [0.2, 0.25) is 22.8 Å². The van der Waals surface area contributed by atoms with Crippen LogP contribution in [0.3, 0.4) is 0 Å². The zero-order chi connectivity index (χ0) is 28.3. The number of carbonyl (C=O) groups is 4. The van der Waals surface area contributed by atoms with Crippen LogP contribution in [0, 0.1) is 0 Å². The summed E-state index contributed by atoms with van der Waals surface area (Å²) < 4.78 is 5.40. The summed E-state index contributed by atoms with van der Waals surface area (Å²) in [5.41, 5.74) is 5.40. The second-order valence-electron chi connectivity index (χ2n) is 7.82. The number of anilines is 1. The van der Waals surface area contributed by atoms with Gasteiger partial charge in [0.15, 0.2) is 5.13 Å². The van der Waals surface area contributed by atoms with E-state index in [1.54, 1.807) is 6.08 Å². The Balaban J connectivity index is 1.50. The Hall–Kier alpha value is -4.04. The highest BCUT2D eigenvalue weighted by Crippen LogP contribution is 2.41. The van der Waals surface area contributed by atoms with Gasteiger partial charge in [0.05, 0.1) is 6.54 Å². The van der Waals surface area contributed by atoms with Gasteiger partial charge >= 0.3 is 11.9 Å². The summed E-state index contributed by atoms with van der Waals surface area (Å²) in [7, 11) is 0. The third kappa shape index (κ3) is 5.86. The molecule has 4 rings (SSSR count). The summed E-state index contributed by atoms with van der Waals surface area (Å²) in [6.45, 7) is 5.21. The predicted octanol–water partition coefficient (Wildman–Crippen LogP) is -0.982. The molecule has 3 unspecified atom stereocenters. The molecule has 3 atom stereocenters. The number of nitrogens with two attached hydrogens (primary N) is 1. The van der Waals surface area contributed by atoms with Crippen molar-refractivity contribution in [3.8, 4) is 0 Å². The molecule has 0 aliphatic carbocycles. The van der Waals surface area contributed by atoms with E-state index in [-0.39, 0.29) is 28.2 Å². The summed E-state index contributed by atoms with van der Waals surface area (Å²) in [6.07, 6.45) is 0.227. The van der Waals surface area contributed by atoms with E-state index in [0.717, 1.165) is 16.4 Å². The number of tetrazole rings is 1. The fourth-order valence-electron chi connectivity index (χ4n) is 3.38. The number of carboxylic acid groups (broad SMARTS) is 2. The number of rotatable bonds is 12. The summed E-state index contributed by atoms with van der Waals surface area (Å²) in [5.74, 6) is -3.94. The number of carboxylic acids is 2. The topological polar surface area (TPSA) is 241 Å². The Bertz CT molecular complexity index is 1390. The second-order valence-corrected chi connectivity index (χ2v) is 10.7. The SMILES string of the molecule is C=CCn1nnnc1SCC1=C(C(=O)O)N2C(=O)C(NC(=O)/C(=N/OC(C)C(=O)O)c3nsc(N)n3)C2SC1. The van der Waals surface area contributed by atoms with Gasteiger partial charge in [0.25, 0.3) is 11.8 Å². The lowest BCUT2D eigenvalue weighted by molar-refractivity contribution is -0.150. The number of carbonyl (C=O) groups excluding carboxylic acids is 2. The monoisotopic (exact) mass is 596 g/mol. The van der Waals surface area contributed by atoms with Crippen molar-refractivity contribution in [1.82, 2.24) is 39.8 Å². The molecule has 2 aromatic heterocycles. The highest BCUT2D eigenvalue weighted by molar-refractivity contribution is 8.01. The molecule has 4 heterocycles. The van der Waals surface area contributed by atoms with Gasteiger partial charge in [0, 0.05) is 23.0 Å². The van der Waals surface area contributed by atoms with Gasteiger partial charge < -0.3 is 26.1 Å². The number of β-lactam (4-membered cyclic amide) rings is 1. The van der Waals surface area contributed by atoms with Crippen molar-refractivity contribution < 1.29 is 34.2 Å². The van der Waals surface area contributed by atoms with Gasteiger partial charge in [-0.2, -0.15) is 9.36 Å². The predicted molar refractivity (Wildman–Crippen MR) is 137 cm³/mol. The van der Waals surface area contributed by atoms with E-state index in [9.17, 15) is 24.3 Å². The molecular weight excluding hydrogens is 576 g/mol. The number of allylic oxidation sites excluding steroid dienone is 1. The summed E-state index contributed by atoms with van der Waals surface area (Å²) in [4.78, 5) is 59.1. The molecule has 2 aliphatic heterocycles. The third-order valence-corrected chi connectivity index (χ3v) is 8.16. The van der Waals surface area contributed by atoms with Crippen LogP contribution in [0.25, 0.3) is 0 Å². The summed E-state index contributed by atoms with van der Waals surface area (Å²) in [6, 6.07) is -1.09. The molecule has 0 saturated carbocycles. The molecule has 17 nitrogen and oxygen atoms in total. The molecule has 2 amide bonds. The van der Waals surface area contributed by atoms with Gasteiger partial charge in [-0.15, -0.1) is 23.4 Å². The van der Waals surface area contributed by atoms with Crippen molar-refractivity contribution in [2.75, 3.05) is 17.2 Å². The van der Waals surface area contributed by atoms with E-state index >= 15 is 0 Å². The molecular formula is C19H20N10O7S3. The van der Waals surface area contributed by atoms with Gasteiger partial charge in [-0.05, 0) is 22.9 Å². The number of nitrogen functional groups attached to an aromatic ring is 1. The highest BCUT2D eigenvalue weighted by atomic mass is 32.2. The van der Waals surface area contributed by atoms with E-state index in [2.05, 4.69) is 41.9 Å². The molecule has 0 spiro atoms. The zero-order valence-corrected chi connectivity index (χ0v) is 22.4. The standard InChI is InChI=1S/C19H20N10O7S3/c1-3-4-28-19(23-26-27-28)38-6-8-5-37-15-10(14(31)29(15)11(8)17(34)35)21-13(30)9(12-22-18(20)39-25-12)24-36-7(2)16(32)33/h3,7,10,15H,1,4-6H2,2H3,(H,21,30)(H,32,33)(H,34,35)(H2,20,22,25)/b24-9+. The third-order valence-electron chi connectivity index (χ3n) is 5.23. The molecule has 1 fully saturated rings. The minimum absolute atomic E-state index is 0.0191. The minimum atomic E-state index is -1.39. The molecule has 20 heteroatoms. The maximum absolute atomic E-state index is 13.0. The van der Waals surface area contributed by atoms with Crippen LogP contribution >= 0.6 is 35.1 Å². The Labute approximate surface area is 231 Å². The normalized spacial score (nSPS) is 19.7. The number of aromatic nitrogens is 6. The molecule has 2 aliphatic rings. The van der Waals surface area contributed by atoms with Crippen LogP contribution in [0.5, 0.6) is 0 Å². The molecule has 0 bridgehead atoms. The van der Waals surface area contributed by atoms with E-state index in [0.29, 0.717) is 17.3 Å². The summed E-state index contributed by atoms with van der Waals surface area (Å²) >= 11 is 3.25. The number of thioether (sulfide) groups is 2. The fourth-order valence-corrected chi connectivity index (χ4v) is 6.19. The second kappa shape index (κ2) is 11.8.